The zero-order chi connectivity index (χ0) is 22.4. The quantitative estimate of drug-likeness (QED) is 0.666. The van der Waals surface area contributed by atoms with E-state index in [2.05, 4.69) is 0 Å². The second-order valence-corrected chi connectivity index (χ2v) is 7.86. The highest BCUT2D eigenvalue weighted by Crippen LogP contribution is 2.21. The predicted octanol–water partition coefficient (Wildman–Crippen LogP) is 3.19. The fraction of sp³-hybridized carbons (Fsp3) is 0.375. The first kappa shape index (κ1) is 22.5. The first-order chi connectivity index (χ1) is 14.8. The lowest BCUT2D eigenvalue weighted by Gasteiger charge is -2.31. The number of esters is 1. The standard InChI is InChI=1S/C24H27FN2O4/c1-17-5-3-4-6-20(17)15-26(2)22(28)16-31-24(30)19-11-13-27(14-12-19)23(29)18-7-9-21(25)10-8-18/h3-10,19H,11-16H2,1-2H3. The van der Waals surface area contributed by atoms with Crippen molar-refractivity contribution in [3.05, 3.63) is 71.0 Å². The molecular weight excluding hydrogens is 399 g/mol. The average Bonchev–Trinajstić information content (AvgIpc) is 2.78. The monoisotopic (exact) mass is 426 g/mol. The Kier molecular flexibility index (Phi) is 7.39. The van der Waals surface area contributed by atoms with Crippen LogP contribution in [0.25, 0.3) is 0 Å². The minimum Gasteiger partial charge on any atom is -0.455 e. The van der Waals surface area contributed by atoms with Crippen LogP contribution in [0.1, 0.15) is 34.3 Å². The summed E-state index contributed by atoms with van der Waals surface area (Å²) in [6.45, 7) is 2.97. The SMILES string of the molecule is Cc1ccccc1CN(C)C(=O)COC(=O)C1CCN(C(=O)c2ccc(F)cc2)CC1. The summed E-state index contributed by atoms with van der Waals surface area (Å²) >= 11 is 0. The Morgan fingerprint density at radius 3 is 2.35 bits per heavy atom. The summed E-state index contributed by atoms with van der Waals surface area (Å²) in [6.07, 6.45) is 0.942. The molecule has 2 aromatic carbocycles. The average molecular weight is 426 g/mol. The number of rotatable bonds is 6. The highest BCUT2D eigenvalue weighted by molar-refractivity contribution is 5.94. The number of aryl methyl sites for hydroxylation is 1. The predicted molar refractivity (Wildman–Crippen MR) is 114 cm³/mol. The second kappa shape index (κ2) is 10.2. The van der Waals surface area contributed by atoms with Gasteiger partial charge in [-0.1, -0.05) is 24.3 Å². The van der Waals surface area contributed by atoms with Gasteiger partial charge in [-0.3, -0.25) is 14.4 Å². The third kappa shape index (κ3) is 5.90. The van der Waals surface area contributed by atoms with Crippen molar-refractivity contribution in [2.24, 2.45) is 5.92 Å². The molecule has 1 aliphatic rings. The van der Waals surface area contributed by atoms with Crippen LogP contribution in [0.5, 0.6) is 0 Å². The maximum Gasteiger partial charge on any atom is 0.309 e. The van der Waals surface area contributed by atoms with E-state index in [1.807, 2.05) is 31.2 Å². The molecule has 0 aromatic heterocycles. The van der Waals surface area contributed by atoms with E-state index in [4.69, 9.17) is 4.74 Å². The van der Waals surface area contributed by atoms with Crippen LogP contribution in [0.15, 0.2) is 48.5 Å². The number of carbonyl (C=O) groups excluding carboxylic acids is 3. The van der Waals surface area contributed by atoms with Crippen molar-refractivity contribution >= 4 is 17.8 Å². The number of carbonyl (C=O) groups is 3. The van der Waals surface area contributed by atoms with Crippen molar-refractivity contribution < 1.29 is 23.5 Å². The van der Waals surface area contributed by atoms with E-state index < -0.39 is 11.8 Å². The smallest absolute Gasteiger partial charge is 0.309 e. The van der Waals surface area contributed by atoms with Gasteiger partial charge < -0.3 is 14.5 Å². The Morgan fingerprint density at radius 2 is 1.71 bits per heavy atom. The van der Waals surface area contributed by atoms with Crippen LogP contribution in [0.2, 0.25) is 0 Å². The summed E-state index contributed by atoms with van der Waals surface area (Å²) in [6, 6.07) is 13.2. The van der Waals surface area contributed by atoms with Crippen molar-refractivity contribution in [2.75, 3.05) is 26.7 Å². The van der Waals surface area contributed by atoms with Crippen LogP contribution in [0, 0.1) is 18.7 Å². The third-order valence-corrected chi connectivity index (χ3v) is 5.64. The zero-order valence-corrected chi connectivity index (χ0v) is 17.8. The highest BCUT2D eigenvalue weighted by atomic mass is 19.1. The van der Waals surface area contributed by atoms with Crippen molar-refractivity contribution in [3.63, 3.8) is 0 Å². The Balaban J connectivity index is 1.43. The molecule has 2 aromatic rings. The number of piperidine rings is 1. The number of likely N-dealkylation sites (N-methyl/N-ethyl adjacent to an activating group) is 1. The van der Waals surface area contributed by atoms with Gasteiger partial charge in [-0.15, -0.1) is 0 Å². The van der Waals surface area contributed by atoms with Gasteiger partial charge in [-0.05, 0) is 55.2 Å². The van der Waals surface area contributed by atoms with Gasteiger partial charge in [0.05, 0.1) is 5.92 Å². The zero-order valence-electron chi connectivity index (χ0n) is 17.8. The van der Waals surface area contributed by atoms with Gasteiger partial charge in [0.2, 0.25) is 0 Å². The number of hydrogen-bond donors (Lipinski definition) is 0. The lowest BCUT2D eigenvalue weighted by atomic mass is 9.96. The molecule has 7 heteroatoms. The Labute approximate surface area is 181 Å². The number of amides is 2. The van der Waals surface area contributed by atoms with Gasteiger partial charge in [0.25, 0.3) is 11.8 Å². The first-order valence-electron chi connectivity index (χ1n) is 10.3. The summed E-state index contributed by atoms with van der Waals surface area (Å²) in [7, 11) is 1.68. The van der Waals surface area contributed by atoms with Crippen molar-refractivity contribution in [3.8, 4) is 0 Å². The number of likely N-dealkylation sites (tertiary alicyclic amines) is 1. The molecule has 0 bridgehead atoms. The Morgan fingerprint density at radius 1 is 1.06 bits per heavy atom. The van der Waals surface area contributed by atoms with Crippen molar-refractivity contribution in [1.82, 2.24) is 9.80 Å². The van der Waals surface area contributed by atoms with Crippen molar-refractivity contribution in [2.45, 2.75) is 26.3 Å². The fourth-order valence-electron chi connectivity index (χ4n) is 3.59. The van der Waals surface area contributed by atoms with E-state index in [-0.39, 0.29) is 24.3 Å². The van der Waals surface area contributed by atoms with Crippen LogP contribution in [0.3, 0.4) is 0 Å². The van der Waals surface area contributed by atoms with E-state index >= 15 is 0 Å². The molecule has 1 saturated heterocycles. The van der Waals surface area contributed by atoms with Gasteiger partial charge in [0.1, 0.15) is 5.82 Å². The van der Waals surface area contributed by atoms with Crippen LogP contribution in [-0.4, -0.2) is 54.3 Å². The lowest BCUT2D eigenvalue weighted by Crippen LogP contribution is -2.41. The summed E-state index contributed by atoms with van der Waals surface area (Å²) in [5.41, 5.74) is 2.56. The molecule has 0 radical (unpaired) electrons. The second-order valence-electron chi connectivity index (χ2n) is 7.86. The molecule has 1 aliphatic heterocycles. The minimum atomic E-state index is -0.411. The Hall–Kier alpha value is -3.22. The molecular formula is C24H27FN2O4. The lowest BCUT2D eigenvalue weighted by molar-refractivity contribution is -0.156. The summed E-state index contributed by atoms with van der Waals surface area (Å²) in [4.78, 5) is 40.4. The Bertz CT molecular complexity index is 937. The van der Waals surface area contributed by atoms with Gasteiger partial charge in [-0.2, -0.15) is 0 Å². The van der Waals surface area contributed by atoms with Gasteiger partial charge in [0, 0.05) is 32.2 Å². The number of benzene rings is 2. The largest absolute Gasteiger partial charge is 0.455 e. The van der Waals surface area contributed by atoms with Gasteiger partial charge in [0.15, 0.2) is 6.61 Å². The van der Waals surface area contributed by atoms with E-state index in [0.717, 1.165) is 11.1 Å². The molecule has 0 saturated carbocycles. The molecule has 0 unspecified atom stereocenters. The molecule has 1 fully saturated rings. The fourth-order valence-corrected chi connectivity index (χ4v) is 3.59. The minimum absolute atomic E-state index is 0.181. The number of ether oxygens (including phenoxy) is 1. The van der Waals surface area contributed by atoms with Crippen LogP contribution in [-0.2, 0) is 20.9 Å². The molecule has 6 nitrogen and oxygen atoms in total. The van der Waals surface area contributed by atoms with Crippen LogP contribution in [0.4, 0.5) is 4.39 Å². The van der Waals surface area contributed by atoms with E-state index in [9.17, 15) is 18.8 Å². The molecule has 3 rings (SSSR count). The number of halogens is 1. The molecule has 0 atom stereocenters. The summed E-state index contributed by atoms with van der Waals surface area (Å²) in [5, 5.41) is 0. The van der Waals surface area contributed by atoms with E-state index in [1.165, 1.54) is 24.3 Å². The molecule has 0 N–H and O–H groups in total. The van der Waals surface area contributed by atoms with Gasteiger partial charge >= 0.3 is 5.97 Å². The normalized spacial score (nSPS) is 14.2. The topological polar surface area (TPSA) is 66.9 Å². The maximum absolute atomic E-state index is 13.0. The molecule has 0 spiro atoms. The van der Waals surface area contributed by atoms with Crippen LogP contribution < -0.4 is 0 Å². The molecule has 1 heterocycles. The third-order valence-electron chi connectivity index (χ3n) is 5.64. The maximum atomic E-state index is 13.0. The van der Waals surface area contributed by atoms with Gasteiger partial charge in [-0.25, -0.2) is 4.39 Å². The highest BCUT2D eigenvalue weighted by Gasteiger charge is 2.29. The summed E-state index contributed by atoms with van der Waals surface area (Å²) < 4.78 is 18.3. The first-order valence-corrected chi connectivity index (χ1v) is 10.3. The van der Waals surface area contributed by atoms with Crippen LogP contribution >= 0.6 is 0 Å². The van der Waals surface area contributed by atoms with E-state index in [1.54, 1.807) is 16.8 Å². The molecule has 164 valence electrons. The molecule has 31 heavy (non-hydrogen) atoms. The van der Waals surface area contributed by atoms with Crippen molar-refractivity contribution in [1.29, 1.82) is 0 Å². The number of nitrogens with zero attached hydrogens (tertiary/aromatic N) is 2. The molecule has 0 aliphatic carbocycles. The summed E-state index contributed by atoms with van der Waals surface area (Å²) in [5.74, 6) is -1.59. The number of hydrogen-bond acceptors (Lipinski definition) is 4. The molecule has 2 amide bonds. The van der Waals surface area contributed by atoms with E-state index in [0.29, 0.717) is 38.0 Å².